The summed E-state index contributed by atoms with van der Waals surface area (Å²) in [7, 11) is 0. The summed E-state index contributed by atoms with van der Waals surface area (Å²) in [6.07, 6.45) is 9.17. The van der Waals surface area contributed by atoms with Crippen LogP contribution in [0.5, 0.6) is 0 Å². The summed E-state index contributed by atoms with van der Waals surface area (Å²) in [5, 5.41) is 0. The molecule has 1 saturated carbocycles. The summed E-state index contributed by atoms with van der Waals surface area (Å²) >= 11 is 7.07. The largest absolute Gasteiger partial charge is 0.454 e. The van der Waals surface area contributed by atoms with Gasteiger partial charge in [0.25, 0.3) is 5.79 Å². The van der Waals surface area contributed by atoms with Crippen LogP contribution < -0.4 is 0 Å². The minimum Gasteiger partial charge on any atom is -0.454 e. The molecule has 5 heteroatoms. The average molecular weight is 360 g/mol. The van der Waals surface area contributed by atoms with E-state index in [9.17, 15) is 4.79 Å². The van der Waals surface area contributed by atoms with Crippen LogP contribution in [0.1, 0.15) is 0 Å². The Bertz CT molecular complexity index is 514. The van der Waals surface area contributed by atoms with E-state index in [1.165, 1.54) is 0 Å². The van der Waals surface area contributed by atoms with Crippen molar-refractivity contribution in [1.82, 2.24) is 0 Å². The molecule has 88 valence electrons. The third kappa shape index (κ3) is 0.909. The maximum atomic E-state index is 12.2. The van der Waals surface area contributed by atoms with Gasteiger partial charge in [0.1, 0.15) is 16.8 Å². The molecule has 1 heterocycles. The Balaban J connectivity index is 1.90. The molecule has 4 unspecified atom stereocenters. The van der Waals surface area contributed by atoms with E-state index in [4.69, 9.17) is 9.47 Å². The van der Waals surface area contributed by atoms with Crippen molar-refractivity contribution in [2.45, 2.75) is 10.1 Å². The zero-order chi connectivity index (χ0) is 11.8. The standard InChI is InChI=1S/C12H8Br2O3/c13-8-5-7-9(10(8)15)6-1-2-11(7,14)12(6)16-3-4-17-12/h1-7,9H. The Labute approximate surface area is 115 Å². The fraction of sp³-hybridized carbons (Fsp3) is 0.417. The number of fused-ring (bicyclic) bond motifs is 3. The molecule has 2 bridgehead atoms. The molecule has 3 nitrogen and oxygen atoms in total. The van der Waals surface area contributed by atoms with E-state index >= 15 is 0 Å². The Hall–Kier alpha value is -0.550. The summed E-state index contributed by atoms with van der Waals surface area (Å²) in [6, 6.07) is 0. The number of allylic oxidation sites excluding steroid dienone is 2. The molecule has 1 spiro atoms. The van der Waals surface area contributed by atoms with Crippen molar-refractivity contribution in [3.63, 3.8) is 0 Å². The molecule has 0 aromatic heterocycles. The molecule has 1 fully saturated rings. The first-order valence-corrected chi connectivity index (χ1v) is 6.99. The third-order valence-electron chi connectivity index (χ3n) is 4.18. The van der Waals surface area contributed by atoms with Gasteiger partial charge in [-0.2, -0.15) is 0 Å². The molecular formula is C12H8Br2O3. The lowest BCUT2D eigenvalue weighted by atomic mass is 9.85. The average Bonchev–Trinajstić information content (AvgIpc) is 2.99. The van der Waals surface area contributed by atoms with Crippen LogP contribution >= 0.6 is 31.9 Å². The van der Waals surface area contributed by atoms with Gasteiger partial charge < -0.3 is 9.47 Å². The second-order valence-electron chi connectivity index (χ2n) is 4.76. The first-order chi connectivity index (χ1) is 8.10. The zero-order valence-electron chi connectivity index (χ0n) is 8.60. The quantitative estimate of drug-likeness (QED) is 0.492. The van der Waals surface area contributed by atoms with Crippen molar-refractivity contribution in [2.75, 3.05) is 0 Å². The first-order valence-electron chi connectivity index (χ1n) is 5.41. The molecular weight excluding hydrogens is 352 g/mol. The highest BCUT2D eigenvalue weighted by molar-refractivity contribution is 9.12. The van der Waals surface area contributed by atoms with Gasteiger partial charge in [-0.15, -0.1) is 0 Å². The Morgan fingerprint density at radius 1 is 1.24 bits per heavy atom. The monoisotopic (exact) mass is 358 g/mol. The van der Waals surface area contributed by atoms with Gasteiger partial charge in [-0.25, -0.2) is 0 Å². The molecule has 4 atom stereocenters. The van der Waals surface area contributed by atoms with Crippen molar-refractivity contribution in [2.24, 2.45) is 17.8 Å². The number of rotatable bonds is 0. The maximum Gasteiger partial charge on any atom is 0.276 e. The second kappa shape index (κ2) is 2.88. The van der Waals surface area contributed by atoms with Crippen LogP contribution in [0.3, 0.4) is 0 Å². The smallest absolute Gasteiger partial charge is 0.276 e. The fourth-order valence-electron chi connectivity index (χ4n) is 3.50. The van der Waals surface area contributed by atoms with Gasteiger partial charge in [0.15, 0.2) is 5.78 Å². The van der Waals surface area contributed by atoms with Gasteiger partial charge >= 0.3 is 0 Å². The lowest BCUT2D eigenvalue weighted by molar-refractivity contribution is -0.163. The van der Waals surface area contributed by atoms with Gasteiger partial charge in [-0.1, -0.05) is 34.2 Å². The first kappa shape index (κ1) is 10.4. The summed E-state index contributed by atoms with van der Waals surface area (Å²) < 4.78 is 11.6. The summed E-state index contributed by atoms with van der Waals surface area (Å²) in [5.41, 5.74) is 0. The number of carbonyl (C=O) groups excluding carboxylic acids is 1. The Kier molecular flexibility index (Phi) is 1.76. The minimum absolute atomic E-state index is 0.0410. The van der Waals surface area contributed by atoms with Crippen molar-refractivity contribution in [3.05, 3.63) is 35.2 Å². The van der Waals surface area contributed by atoms with Crippen molar-refractivity contribution in [3.8, 4) is 0 Å². The number of hydrogen-bond acceptors (Lipinski definition) is 3. The van der Waals surface area contributed by atoms with Crippen LogP contribution in [-0.4, -0.2) is 15.9 Å². The molecule has 0 amide bonds. The van der Waals surface area contributed by atoms with E-state index in [0.29, 0.717) is 4.48 Å². The van der Waals surface area contributed by atoms with E-state index in [2.05, 4.69) is 37.9 Å². The molecule has 3 aliphatic carbocycles. The summed E-state index contributed by atoms with van der Waals surface area (Å²) in [5.74, 6) is -0.680. The molecule has 1 aliphatic heterocycles. The second-order valence-corrected chi connectivity index (χ2v) is 6.93. The van der Waals surface area contributed by atoms with Crippen LogP contribution in [-0.2, 0) is 14.3 Å². The maximum absolute atomic E-state index is 12.2. The van der Waals surface area contributed by atoms with Gasteiger partial charge in [-0.3, -0.25) is 4.79 Å². The van der Waals surface area contributed by atoms with Crippen LogP contribution in [0, 0.1) is 17.8 Å². The molecule has 4 aliphatic rings. The van der Waals surface area contributed by atoms with Crippen molar-refractivity contribution < 1.29 is 14.3 Å². The topological polar surface area (TPSA) is 35.5 Å². The van der Waals surface area contributed by atoms with Gasteiger partial charge in [0.05, 0.1) is 10.4 Å². The lowest BCUT2D eigenvalue weighted by Gasteiger charge is -2.35. The molecule has 4 rings (SSSR count). The number of carbonyl (C=O) groups is 1. The number of hydrogen-bond donors (Lipinski definition) is 0. The van der Waals surface area contributed by atoms with Gasteiger partial charge in [-0.05, 0) is 15.9 Å². The van der Waals surface area contributed by atoms with Gasteiger partial charge in [0.2, 0.25) is 0 Å². The molecule has 0 N–H and O–H groups in total. The SMILES string of the molecule is O=C1C(Br)=CC2C1C1C=CC2(Br)C12OC=CO2. The Morgan fingerprint density at radius 3 is 2.59 bits per heavy atom. The Morgan fingerprint density at radius 2 is 1.94 bits per heavy atom. The molecule has 0 saturated heterocycles. The number of alkyl halides is 1. The summed E-state index contributed by atoms with van der Waals surface area (Å²) in [6.45, 7) is 0. The number of Topliss-reactive ketones (excluding diaryl/α,β-unsaturated/α-hetero) is 1. The highest BCUT2D eigenvalue weighted by atomic mass is 79.9. The molecule has 0 aromatic rings. The van der Waals surface area contributed by atoms with Crippen molar-refractivity contribution in [1.29, 1.82) is 0 Å². The lowest BCUT2D eigenvalue weighted by Crippen LogP contribution is -2.48. The van der Waals surface area contributed by atoms with Crippen molar-refractivity contribution >= 4 is 37.6 Å². The van der Waals surface area contributed by atoms with Crippen LogP contribution in [0.4, 0.5) is 0 Å². The predicted octanol–water partition coefficient (Wildman–Crippen LogP) is 2.63. The van der Waals surface area contributed by atoms with E-state index < -0.39 is 10.1 Å². The van der Waals surface area contributed by atoms with Crippen LogP contribution in [0.15, 0.2) is 35.2 Å². The number of ketones is 1. The normalized spacial score (nSPS) is 47.3. The van der Waals surface area contributed by atoms with Crippen LogP contribution in [0.25, 0.3) is 0 Å². The minimum atomic E-state index is -0.776. The molecule has 17 heavy (non-hydrogen) atoms. The van der Waals surface area contributed by atoms with E-state index in [1.54, 1.807) is 12.5 Å². The molecule has 0 aromatic carbocycles. The highest BCUT2D eigenvalue weighted by Gasteiger charge is 2.76. The number of ether oxygens (including phenoxy) is 2. The summed E-state index contributed by atoms with van der Waals surface area (Å²) in [4.78, 5) is 12.2. The van der Waals surface area contributed by atoms with Gasteiger partial charge in [0, 0.05) is 11.8 Å². The third-order valence-corrected chi connectivity index (χ3v) is 6.18. The predicted molar refractivity (Wildman–Crippen MR) is 67.3 cm³/mol. The van der Waals surface area contributed by atoms with Crippen LogP contribution in [0.2, 0.25) is 0 Å². The molecule has 0 radical (unpaired) electrons. The fourth-order valence-corrected chi connectivity index (χ4v) is 5.07. The zero-order valence-corrected chi connectivity index (χ0v) is 11.8. The van der Waals surface area contributed by atoms with E-state index in [1.807, 2.05) is 12.2 Å². The van der Waals surface area contributed by atoms with E-state index in [0.717, 1.165) is 0 Å². The van der Waals surface area contributed by atoms with E-state index in [-0.39, 0.29) is 23.5 Å². The highest BCUT2D eigenvalue weighted by Crippen LogP contribution is 2.67. The number of halogens is 2.